The van der Waals surface area contributed by atoms with Gasteiger partial charge in [-0.3, -0.25) is 4.79 Å². The Kier molecular flexibility index (Phi) is 6.66. The molecule has 1 unspecified atom stereocenters. The van der Waals surface area contributed by atoms with E-state index in [2.05, 4.69) is 4.72 Å². The Hall–Kier alpha value is -2.25. The first-order valence-corrected chi connectivity index (χ1v) is 9.36. The van der Waals surface area contributed by atoms with E-state index in [1.165, 1.54) is 12.1 Å². The molecule has 2 aromatic rings. The Balaban J connectivity index is 2.12. The summed E-state index contributed by atoms with van der Waals surface area (Å²) in [6.45, 7) is 1.77. The summed E-state index contributed by atoms with van der Waals surface area (Å²) in [5, 5.41) is 0. The minimum Gasteiger partial charge on any atom is -0.466 e. The number of benzene rings is 2. The van der Waals surface area contributed by atoms with Gasteiger partial charge in [0.25, 0.3) is 0 Å². The number of carbonyl (C=O) groups excluding carboxylic acids is 1. The first kappa shape index (κ1) is 19.1. The number of hydrogen-bond acceptors (Lipinski definition) is 4. The molecule has 7 heteroatoms. The normalized spacial score (nSPS) is 12.6. The van der Waals surface area contributed by atoms with E-state index in [1.54, 1.807) is 6.92 Å². The fourth-order valence-corrected chi connectivity index (χ4v) is 3.44. The SMILES string of the molecule is CCOC(=O)C(CNS(=O)(=O)c1cccc(F)c1)Cc1ccccc1. The van der Waals surface area contributed by atoms with Gasteiger partial charge in [-0.2, -0.15) is 0 Å². The number of sulfonamides is 1. The molecule has 1 N–H and O–H groups in total. The molecule has 0 aliphatic heterocycles. The largest absolute Gasteiger partial charge is 0.466 e. The van der Waals surface area contributed by atoms with E-state index in [1.807, 2.05) is 30.3 Å². The fourth-order valence-electron chi connectivity index (χ4n) is 2.33. The van der Waals surface area contributed by atoms with Crippen LogP contribution in [0.3, 0.4) is 0 Å². The highest BCUT2D eigenvalue weighted by Gasteiger charge is 2.24. The van der Waals surface area contributed by atoms with E-state index in [-0.39, 0.29) is 18.0 Å². The number of halogens is 1. The zero-order valence-corrected chi connectivity index (χ0v) is 14.6. The molecule has 0 saturated heterocycles. The summed E-state index contributed by atoms with van der Waals surface area (Å²) in [6.07, 6.45) is 0.339. The van der Waals surface area contributed by atoms with Crippen molar-refractivity contribution < 1.29 is 22.3 Å². The van der Waals surface area contributed by atoms with Crippen LogP contribution in [0.4, 0.5) is 4.39 Å². The molecule has 0 heterocycles. The first-order valence-electron chi connectivity index (χ1n) is 7.88. The maximum atomic E-state index is 13.2. The third kappa shape index (κ3) is 5.65. The quantitative estimate of drug-likeness (QED) is 0.730. The molecule has 2 rings (SSSR count). The number of nitrogens with one attached hydrogen (secondary N) is 1. The molecule has 0 spiro atoms. The van der Waals surface area contributed by atoms with E-state index in [4.69, 9.17) is 4.74 Å². The lowest BCUT2D eigenvalue weighted by Crippen LogP contribution is -2.35. The molecular formula is C18H20FNO4S. The maximum Gasteiger partial charge on any atom is 0.310 e. The molecule has 2 aromatic carbocycles. The van der Waals surface area contributed by atoms with Gasteiger partial charge in [-0.25, -0.2) is 17.5 Å². The van der Waals surface area contributed by atoms with Gasteiger partial charge in [-0.05, 0) is 37.1 Å². The van der Waals surface area contributed by atoms with Gasteiger partial charge < -0.3 is 4.74 Å². The van der Waals surface area contributed by atoms with Crippen molar-refractivity contribution >= 4 is 16.0 Å². The average Bonchev–Trinajstić information content (AvgIpc) is 2.59. The van der Waals surface area contributed by atoms with E-state index in [0.717, 1.165) is 17.7 Å². The molecule has 0 saturated carbocycles. The molecule has 25 heavy (non-hydrogen) atoms. The Morgan fingerprint density at radius 1 is 1.16 bits per heavy atom. The van der Waals surface area contributed by atoms with Crippen LogP contribution in [-0.4, -0.2) is 27.5 Å². The Morgan fingerprint density at radius 3 is 2.52 bits per heavy atom. The van der Waals surface area contributed by atoms with Crippen LogP contribution in [0, 0.1) is 11.7 Å². The van der Waals surface area contributed by atoms with Crippen LogP contribution >= 0.6 is 0 Å². The number of rotatable bonds is 8. The Morgan fingerprint density at radius 2 is 1.88 bits per heavy atom. The van der Waals surface area contributed by atoms with Gasteiger partial charge in [0.2, 0.25) is 10.0 Å². The standard InChI is InChI=1S/C18H20FNO4S/c1-2-24-18(21)15(11-14-7-4-3-5-8-14)13-20-25(22,23)17-10-6-9-16(19)12-17/h3-10,12,15,20H,2,11,13H2,1H3. The zero-order chi connectivity index (χ0) is 18.3. The predicted molar refractivity (Wildman–Crippen MR) is 91.9 cm³/mol. The number of carbonyl (C=O) groups is 1. The van der Waals surface area contributed by atoms with Gasteiger partial charge >= 0.3 is 5.97 Å². The van der Waals surface area contributed by atoms with Crippen LogP contribution in [0.5, 0.6) is 0 Å². The third-order valence-corrected chi connectivity index (χ3v) is 4.99. The molecule has 0 aliphatic rings. The van der Waals surface area contributed by atoms with Crippen LogP contribution in [0.15, 0.2) is 59.5 Å². The topological polar surface area (TPSA) is 72.5 Å². The summed E-state index contributed by atoms with van der Waals surface area (Å²) < 4.78 is 45.2. The van der Waals surface area contributed by atoms with Gasteiger partial charge in [-0.1, -0.05) is 36.4 Å². The van der Waals surface area contributed by atoms with Crippen LogP contribution in [0.2, 0.25) is 0 Å². The second kappa shape index (κ2) is 8.73. The summed E-state index contributed by atoms with van der Waals surface area (Å²) in [6, 6.07) is 14.0. The first-order chi connectivity index (χ1) is 11.9. The summed E-state index contributed by atoms with van der Waals surface area (Å²) in [5.74, 6) is -1.80. The van der Waals surface area contributed by atoms with Gasteiger partial charge in [0.15, 0.2) is 0 Å². The van der Waals surface area contributed by atoms with Gasteiger partial charge in [-0.15, -0.1) is 0 Å². The fraction of sp³-hybridized carbons (Fsp3) is 0.278. The number of esters is 1. The molecule has 134 valence electrons. The van der Waals surface area contributed by atoms with Crippen molar-refractivity contribution in [1.82, 2.24) is 4.72 Å². The molecule has 0 bridgehead atoms. The van der Waals surface area contributed by atoms with E-state index < -0.39 is 27.7 Å². The van der Waals surface area contributed by atoms with Crippen LogP contribution in [-0.2, 0) is 26.0 Å². The molecule has 0 fully saturated rings. The molecule has 5 nitrogen and oxygen atoms in total. The summed E-state index contributed by atoms with van der Waals surface area (Å²) in [5.41, 5.74) is 0.894. The Labute approximate surface area is 146 Å². The predicted octanol–water partition coefficient (Wildman–Crippen LogP) is 2.53. The third-order valence-electron chi connectivity index (χ3n) is 3.57. The van der Waals surface area contributed by atoms with Crippen LogP contribution in [0.1, 0.15) is 12.5 Å². The number of ether oxygens (including phenoxy) is 1. The highest BCUT2D eigenvalue weighted by atomic mass is 32.2. The summed E-state index contributed by atoms with van der Waals surface area (Å²) in [4.78, 5) is 12.0. The van der Waals surface area contributed by atoms with Crippen molar-refractivity contribution in [2.24, 2.45) is 5.92 Å². The lowest BCUT2D eigenvalue weighted by atomic mass is 10.00. The van der Waals surface area contributed by atoms with E-state index >= 15 is 0 Å². The van der Waals surface area contributed by atoms with Crippen molar-refractivity contribution in [2.45, 2.75) is 18.2 Å². The highest BCUT2D eigenvalue weighted by molar-refractivity contribution is 7.89. The van der Waals surface area contributed by atoms with Gasteiger partial charge in [0.1, 0.15) is 5.82 Å². The monoisotopic (exact) mass is 365 g/mol. The lowest BCUT2D eigenvalue weighted by molar-refractivity contribution is -0.147. The molecule has 1 atom stereocenters. The average molecular weight is 365 g/mol. The van der Waals surface area contributed by atoms with Gasteiger partial charge in [0, 0.05) is 6.54 Å². The van der Waals surface area contributed by atoms with Crippen molar-refractivity contribution in [3.8, 4) is 0 Å². The number of hydrogen-bond donors (Lipinski definition) is 1. The van der Waals surface area contributed by atoms with Crippen molar-refractivity contribution in [3.63, 3.8) is 0 Å². The van der Waals surface area contributed by atoms with Crippen molar-refractivity contribution in [1.29, 1.82) is 0 Å². The van der Waals surface area contributed by atoms with Crippen molar-refractivity contribution in [3.05, 3.63) is 66.0 Å². The Bertz CT molecular complexity index is 809. The summed E-state index contributed by atoms with van der Waals surface area (Å²) in [7, 11) is -3.92. The molecule has 0 aromatic heterocycles. The van der Waals surface area contributed by atoms with Crippen molar-refractivity contribution in [2.75, 3.05) is 13.2 Å². The molecule has 0 radical (unpaired) electrons. The van der Waals surface area contributed by atoms with Crippen LogP contribution in [0.25, 0.3) is 0 Å². The maximum absolute atomic E-state index is 13.2. The van der Waals surface area contributed by atoms with E-state index in [0.29, 0.717) is 6.42 Å². The highest BCUT2D eigenvalue weighted by Crippen LogP contribution is 2.14. The van der Waals surface area contributed by atoms with E-state index in [9.17, 15) is 17.6 Å². The smallest absolute Gasteiger partial charge is 0.310 e. The molecular weight excluding hydrogens is 345 g/mol. The summed E-state index contributed by atoms with van der Waals surface area (Å²) >= 11 is 0. The molecule has 0 aliphatic carbocycles. The zero-order valence-electron chi connectivity index (χ0n) is 13.8. The lowest BCUT2D eigenvalue weighted by Gasteiger charge is -2.16. The minimum atomic E-state index is -3.92. The second-order valence-corrected chi connectivity index (χ2v) is 7.21. The molecule has 0 amide bonds. The van der Waals surface area contributed by atoms with Gasteiger partial charge in [0.05, 0.1) is 17.4 Å². The minimum absolute atomic E-state index is 0.132. The second-order valence-electron chi connectivity index (χ2n) is 5.45. The van der Waals surface area contributed by atoms with Crippen LogP contribution < -0.4 is 4.72 Å².